The second-order valence-corrected chi connectivity index (χ2v) is 4.22. The second kappa shape index (κ2) is 3.09. The van der Waals surface area contributed by atoms with Gasteiger partial charge in [0.05, 0.1) is 0 Å². The zero-order valence-corrected chi connectivity index (χ0v) is 8.42. The van der Waals surface area contributed by atoms with Crippen LogP contribution in [0.15, 0.2) is 36.9 Å². The van der Waals surface area contributed by atoms with E-state index in [4.69, 9.17) is 0 Å². The van der Waals surface area contributed by atoms with Crippen molar-refractivity contribution < 1.29 is 4.79 Å². The summed E-state index contributed by atoms with van der Waals surface area (Å²) in [5, 5.41) is 0. The van der Waals surface area contributed by atoms with Gasteiger partial charge in [0.2, 0.25) is 0 Å². The summed E-state index contributed by atoms with van der Waals surface area (Å²) in [7, 11) is 0. The fourth-order valence-corrected chi connectivity index (χ4v) is 2.21. The van der Waals surface area contributed by atoms with Gasteiger partial charge in [0.1, 0.15) is 0 Å². The van der Waals surface area contributed by atoms with Gasteiger partial charge in [0, 0.05) is 11.0 Å². The standard InChI is InChI=1S/C13H14O/c1-3-8-13(2)9-10-6-4-5-7-11(10)12(13)14/h3-7H,1,8-9H2,2H3/t13-/m0/s1. The fraction of sp³-hybridized carbons (Fsp3) is 0.308. The molecular weight excluding hydrogens is 172 g/mol. The molecule has 1 aliphatic rings. The highest BCUT2D eigenvalue weighted by Crippen LogP contribution is 2.39. The van der Waals surface area contributed by atoms with Gasteiger partial charge in [0.25, 0.3) is 0 Å². The third-order valence-electron chi connectivity index (χ3n) is 2.99. The molecule has 1 aromatic rings. The predicted molar refractivity (Wildman–Crippen MR) is 57.4 cm³/mol. The van der Waals surface area contributed by atoms with E-state index < -0.39 is 0 Å². The minimum absolute atomic E-state index is 0.245. The Kier molecular flexibility index (Phi) is 2.03. The molecule has 1 nitrogen and oxygen atoms in total. The summed E-state index contributed by atoms with van der Waals surface area (Å²) < 4.78 is 0. The van der Waals surface area contributed by atoms with Gasteiger partial charge in [0.15, 0.2) is 5.78 Å². The summed E-state index contributed by atoms with van der Waals surface area (Å²) in [6.07, 6.45) is 3.46. The summed E-state index contributed by atoms with van der Waals surface area (Å²) in [5.74, 6) is 0.271. The molecule has 72 valence electrons. The maximum atomic E-state index is 12.1. The van der Waals surface area contributed by atoms with Crippen molar-refractivity contribution in [2.45, 2.75) is 19.8 Å². The van der Waals surface area contributed by atoms with Crippen molar-refractivity contribution in [2.24, 2.45) is 5.41 Å². The number of Topliss-reactive ketones (excluding diaryl/α,β-unsaturated/α-hetero) is 1. The molecule has 2 rings (SSSR count). The molecule has 0 heterocycles. The molecule has 1 aliphatic carbocycles. The van der Waals surface area contributed by atoms with Crippen LogP contribution in [0.1, 0.15) is 29.3 Å². The van der Waals surface area contributed by atoms with E-state index in [1.165, 1.54) is 5.56 Å². The lowest BCUT2D eigenvalue weighted by Crippen LogP contribution is -2.22. The van der Waals surface area contributed by atoms with Gasteiger partial charge in [-0.1, -0.05) is 37.3 Å². The third kappa shape index (κ3) is 1.20. The Morgan fingerprint density at radius 3 is 2.86 bits per heavy atom. The van der Waals surface area contributed by atoms with Crippen LogP contribution in [0, 0.1) is 5.41 Å². The Balaban J connectivity index is 2.43. The molecule has 0 radical (unpaired) electrons. The Morgan fingerprint density at radius 1 is 1.50 bits per heavy atom. The number of hydrogen-bond donors (Lipinski definition) is 0. The molecule has 0 saturated heterocycles. The third-order valence-corrected chi connectivity index (χ3v) is 2.99. The molecule has 1 atom stereocenters. The highest BCUT2D eigenvalue weighted by atomic mass is 16.1. The van der Waals surface area contributed by atoms with Crippen molar-refractivity contribution in [2.75, 3.05) is 0 Å². The first-order chi connectivity index (χ1) is 6.67. The van der Waals surface area contributed by atoms with Crippen molar-refractivity contribution in [3.05, 3.63) is 48.0 Å². The number of fused-ring (bicyclic) bond motifs is 1. The Hall–Kier alpha value is -1.37. The SMILES string of the molecule is C=CC[C@@]1(C)Cc2ccccc2C1=O. The summed E-state index contributed by atoms with van der Waals surface area (Å²) in [4.78, 5) is 12.1. The second-order valence-electron chi connectivity index (χ2n) is 4.22. The quantitative estimate of drug-likeness (QED) is 0.649. The number of rotatable bonds is 2. The number of carbonyl (C=O) groups is 1. The molecule has 0 bridgehead atoms. The van der Waals surface area contributed by atoms with Crippen LogP contribution in [-0.4, -0.2) is 5.78 Å². The largest absolute Gasteiger partial charge is 0.294 e. The predicted octanol–water partition coefficient (Wildman–Crippen LogP) is 3.01. The van der Waals surface area contributed by atoms with Crippen LogP contribution in [0.5, 0.6) is 0 Å². The smallest absolute Gasteiger partial charge is 0.169 e. The highest BCUT2D eigenvalue weighted by molar-refractivity contribution is 6.04. The van der Waals surface area contributed by atoms with E-state index in [0.29, 0.717) is 0 Å². The zero-order valence-electron chi connectivity index (χ0n) is 8.42. The molecule has 0 saturated carbocycles. The average Bonchev–Trinajstić information content (AvgIpc) is 2.41. The van der Waals surface area contributed by atoms with Crippen molar-refractivity contribution >= 4 is 5.78 Å². The van der Waals surface area contributed by atoms with E-state index in [-0.39, 0.29) is 11.2 Å². The Labute approximate surface area is 84.5 Å². The monoisotopic (exact) mass is 186 g/mol. The molecule has 14 heavy (non-hydrogen) atoms. The van der Waals surface area contributed by atoms with Gasteiger partial charge in [-0.15, -0.1) is 6.58 Å². The van der Waals surface area contributed by atoms with Gasteiger partial charge in [-0.2, -0.15) is 0 Å². The fourth-order valence-electron chi connectivity index (χ4n) is 2.21. The molecule has 0 N–H and O–H groups in total. The Morgan fingerprint density at radius 2 is 2.21 bits per heavy atom. The number of carbonyl (C=O) groups excluding carboxylic acids is 1. The van der Waals surface area contributed by atoms with Crippen LogP contribution in [0.25, 0.3) is 0 Å². The molecule has 0 amide bonds. The lowest BCUT2D eigenvalue weighted by Gasteiger charge is -2.19. The van der Waals surface area contributed by atoms with Crippen LogP contribution in [0.2, 0.25) is 0 Å². The van der Waals surface area contributed by atoms with E-state index in [1.54, 1.807) is 0 Å². The maximum Gasteiger partial charge on any atom is 0.169 e. The van der Waals surface area contributed by atoms with Gasteiger partial charge in [-0.25, -0.2) is 0 Å². The number of ketones is 1. The summed E-state index contributed by atoms with van der Waals surface area (Å²) in [5.41, 5.74) is 1.84. The first kappa shape index (κ1) is 9.20. The van der Waals surface area contributed by atoms with Crippen LogP contribution in [-0.2, 0) is 6.42 Å². The van der Waals surface area contributed by atoms with Gasteiger partial charge in [-0.3, -0.25) is 4.79 Å². The highest BCUT2D eigenvalue weighted by Gasteiger charge is 2.39. The van der Waals surface area contributed by atoms with Gasteiger partial charge < -0.3 is 0 Å². The lowest BCUT2D eigenvalue weighted by molar-refractivity contribution is 0.0845. The van der Waals surface area contributed by atoms with Crippen LogP contribution in [0.3, 0.4) is 0 Å². The minimum atomic E-state index is -0.245. The lowest BCUT2D eigenvalue weighted by atomic mass is 9.83. The molecule has 1 aromatic carbocycles. The molecular formula is C13H14O. The minimum Gasteiger partial charge on any atom is -0.294 e. The summed E-state index contributed by atoms with van der Waals surface area (Å²) in [6.45, 7) is 5.74. The van der Waals surface area contributed by atoms with Crippen molar-refractivity contribution in [1.29, 1.82) is 0 Å². The number of allylic oxidation sites excluding steroid dienone is 1. The molecule has 0 spiro atoms. The van der Waals surface area contributed by atoms with E-state index in [2.05, 4.69) is 6.58 Å². The summed E-state index contributed by atoms with van der Waals surface area (Å²) in [6, 6.07) is 7.88. The first-order valence-corrected chi connectivity index (χ1v) is 4.91. The Bertz CT molecular complexity index is 392. The number of hydrogen-bond acceptors (Lipinski definition) is 1. The van der Waals surface area contributed by atoms with Crippen LogP contribution < -0.4 is 0 Å². The van der Waals surface area contributed by atoms with Crippen molar-refractivity contribution in [3.63, 3.8) is 0 Å². The van der Waals surface area contributed by atoms with E-state index in [9.17, 15) is 4.79 Å². The van der Waals surface area contributed by atoms with Crippen molar-refractivity contribution in [1.82, 2.24) is 0 Å². The maximum absolute atomic E-state index is 12.1. The van der Waals surface area contributed by atoms with Crippen LogP contribution >= 0.6 is 0 Å². The topological polar surface area (TPSA) is 17.1 Å². The molecule has 0 unspecified atom stereocenters. The summed E-state index contributed by atoms with van der Waals surface area (Å²) >= 11 is 0. The van der Waals surface area contributed by atoms with Gasteiger partial charge in [-0.05, 0) is 18.4 Å². The molecule has 1 heteroatoms. The average molecular weight is 186 g/mol. The van der Waals surface area contributed by atoms with E-state index in [0.717, 1.165) is 18.4 Å². The first-order valence-electron chi connectivity index (χ1n) is 4.91. The molecule has 0 aliphatic heterocycles. The van der Waals surface area contributed by atoms with E-state index >= 15 is 0 Å². The van der Waals surface area contributed by atoms with Crippen LogP contribution in [0.4, 0.5) is 0 Å². The zero-order chi connectivity index (χ0) is 10.2. The van der Waals surface area contributed by atoms with Crippen molar-refractivity contribution in [3.8, 4) is 0 Å². The number of benzene rings is 1. The molecule has 0 aromatic heterocycles. The normalized spacial score (nSPS) is 24.8. The van der Waals surface area contributed by atoms with E-state index in [1.807, 2.05) is 37.3 Å². The molecule has 0 fully saturated rings. The van der Waals surface area contributed by atoms with Gasteiger partial charge >= 0.3 is 0 Å².